The zero-order valence-electron chi connectivity index (χ0n) is 9.27. The minimum atomic E-state index is -0.543. The molecule has 1 heterocycles. The Morgan fingerprint density at radius 2 is 2.11 bits per heavy atom. The van der Waals surface area contributed by atoms with Crippen LogP contribution in [0.2, 0.25) is 0 Å². The quantitative estimate of drug-likeness (QED) is 0.814. The molecule has 0 unspecified atom stereocenters. The second-order valence-corrected chi connectivity index (χ2v) is 4.45. The lowest BCUT2D eigenvalue weighted by atomic mass is 10.1. The van der Waals surface area contributed by atoms with Crippen LogP contribution in [0.5, 0.6) is 5.75 Å². The lowest BCUT2D eigenvalue weighted by molar-refractivity contribution is 0.0917. The van der Waals surface area contributed by atoms with Gasteiger partial charge in [0.2, 0.25) is 5.78 Å². The van der Waals surface area contributed by atoms with Gasteiger partial charge in [0.05, 0.1) is 11.8 Å². The molecule has 0 aliphatic heterocycles. The SMILES string of the molecule is O=C(COc1cncc(Br)c1)c1ccccc1F. The van der Waals surface area contributed by atoms with Crippen LogP contribution in [0.3, 0.4) is 0 Å². The Balaban J connectivity index is 2.03. The Morgan fingerprint density at radius 3 is 2.83 bits per heavy atom. The Bertz CT molecular complexity index is 574. The van der Waals surface area contributed by atoms with E-state index in [1.54, 1.807) is 18.3 Å². The standard InChI is InChI=1S/C13H9BrFNO2/c14-9-5-10(7-16-6-9)18-8-13(17)11-3-1-2-4-12(11)15/h1-7H,8H2. The summed E-state index contributed by atoms with van der Waals surface area (Å²) >= 11 is 3.24. The highest BCUT2D eigenvalue weighted by Crippen LogP contribution is 2.16. The largest absolute Gasteiger partial charge is 0.484 e. The first-order valence-electron chi connectivity index (χ1n) is 5.18. The van der Waals surface area contributed by atoms with Gasteiger partial charge in [-0.25, -0.2) is 4.39 Å². The van der Waals surface area contributed by atoms with E-state index in [0.717, 1.165) is 4.47 Å². The second kappa shape index (κ2) is 5.73. The first-order valence-corrected chi connectivity index (χ1v) is 5.97. The van der Waals surface area contributed by atoms with Gasteiger partial charge in [0.25, 0.3) is 0 Å². The minimum absolute atomic E-state index is 0.0282. The zero-order chi connectivity index (χ0) is 13.0. The first-order chi connectivity index (χ1) is 8.66. The van der Waals surface area contributed by atoms with Crippen molar-refractivity contribution in [3.8, 4) is 5.75 Å². The van der Waals surface area contributed by atoms with Crippen LogP contribution in [0.1, 0.15) is 10.4 Å². The molecule has 18 heavy (non-hydrogen) atoms. The van der Waals surface area contributed by atoms with E-state index in [9.17, 15) is 9.18 Å². The van der Waals surface area contributed by atoms with Crippen LogP contribution in [0.15, 0.2) is 47.2 Å². The monoisotopic (exact) mass is 309 g/mol. The number of hydrogen-bond donors (Lipinski definition) is 0. The summed E-state index contributed by atoms with van der Waals surface area (Å²) in [7, 11) is 0. The molecule has 0 aliphatic carbocycles. The van der Waals surface area contributed by atoms with E-state index in [1.807, 2.05) is 0 Å². The van der Waals surface area contributed by atoms with E-state index < -0.39 is 11.6 Å². The van der Waals surface area contributed by atoms with Crippen molar-refractivity contribution in [1.82, 2.24) is 4.98 Å². The average Bonchev–Trinajstić information content (AvgIpc) is 2.37. The molecule has 0 saturated heterocycles. The molecule has 0 amide bonds. The summed E-state index contributed by atoms with van der Waals surface area (Å²) in [5.74, 6) is -0.499. The van der Waals surface area contributed by atoms with Crippen molar-refractivity contribution in [1.29, 1.82) is 0 Å². The van der Waals surface area contributed by atoms with Gasteiger partial charge in [0.1, 0.15) is 11.6 Å². The number of rotatable bonds is 4. The Kier molecular flexibility index (Phi) is 4.04. The summed E-state index contributed by atoms with van der Waals surface area (Å²) in [5, 5.41) is 0. The number of ketones is 1. The van der Waals surface area contributed by atoms with E-state index >= 15 is 0 Å². The molecule has 0 N–H and O–H groups in total. The molecule has 0 fully saturated rings. The van der Waals surface area contributed by atoms with Gasteiger partial charge >= 0.3 is 0 Å². The van der Waals surface area contributed by atoms with Crippen LogP contribution < -0.4 is 4.74 Å². The van der Waals surface area contributed by atoms with Gasteiger partial charge in [0, 0.05) is 10.7 Å². The molecule has 0 bridgehead atoms. The van der Waals surface area contributed by atoms with Crippen LogP contribution in [0.4, 0.5) is 4.39 Å². The number of halogens is 2. The fraction of sp³-hybridized carbons (Fsp3) is 0.0769. The number of hydrogen-bond acceptors (Lipinski definition) is 3. The fourth-order valence-electron chi connectivity index (χ4n) is 1.39. The van der Waals surface area contributed by atoms with Crippen molar-refractivity contribution in [2.45, 2.75) is 0 Å². The van der Waals surface area contributed by atoms with Gasteiger partial charge in [0.15, 0.2) is 6.61 Å². The van der Waals surface area contributed by atoms with Crippen molar-refractivity contribution in [2.24, 2.45) is 0 Å². The summed E-state index contributed by atoms with van der Waals surface area (Å²) in [4.78, 5) is 15.6. The summed E-state index contributed by atoms with van der Waals surface area (Å²) in [5.41, 5.74) is 0.0282. The molecule has 92 valence electrons. The van der Waals surface area contributed by atoms with Crippen LogP contribution in [-0.4, -0.2) is 17.4 Å². The molecule has 3 nitrogen and oxygen atoms in total. The van der Waals surface area contributed by atoms with Gasteiger partial charge in [-0.15, -0.1) is 0 Å². The molecule has 1 aromatic carbocycles. The number of carbonyl (C=O) groups excluding carboxylic acids is 1. The van der Waals surface area contributed by atoms with E-state index in [2.05, 4.69) is 20.9 Å². The third kappa shape index (κ3) is 3.13. The zero-order valence-corrected chi connectivity index (χ0v) is 10.9. The molecule has 0 saturated carbocycles. The molecule has 2 aromatic rings. The van der Waals surface area contributed by atoms with Crippen LogP contribution in [-0.2, 0) is 0 Å². The van der Waals surface area contributed by atoms with Gasteiger partial charge in [-0.3, -0.25) is 9.78 Å². The highest BCUT2D eigenvalue weighted by atomic mass is 79.9. The maximum Gasteiger partial charge on any atom is 0.203 e. The van der Waals surface area contributed by atoms with E-state index in [4.69, 9.17) is 4.74 Å². The number of ether oxygens (including phenoxy) is 1. The third-order valence-corrected chi connectivity index (χ3v) is 2.66. The Morgan fingerprint density at radius 1 is 1.33 bits per heavy atom. The number of pyridine rings is 1. The third-order valence-electron chi connectivity index (χ3n) is 2.22. The van der Waals surface area contributed by atoms with Gasteiger partial charge < -0.3 is 4.74 Å². The number of Topliss-reactive ketones (excluding diaryl/α,β-unsaturated/α-hetero) is 1. The molecular weight excluding hydrogens is 301 g/mol. The maximum absolute atomic E-state index is 13.3. The highest BCUT2D eigenvalue weighted by Gasteiger charge is 2.11. The predicted octanol–water partition coefficient (Wildman–Crippen LogP) is 3.24. The molecule has 0 spiro atoms. The maximum atomic E-state index is 13.3. The summed E-state index contributed by atoms with van der Waals surface area (Å²) in [6.45, 7) is -0.223. The van der Waals surface area contributed by atoms with Crippen molar-refractivity contribution in [3.05, 3.63) is 58.6 Å². The van der Waals surface area contributed by atoms with Gasteiger partial charge in [-0.05, 0) is 34.1 Å². The molecule has 1 aromatic heterocycles. The van der Waals surface area contributed by atoms with Crippen molar-refractivity contribution in [2.75, 3.05) is 6.61 Å². The number of carbonyl (C=O) groups is 1. The molecule has 0 radical (unpaired) electrons. The molecule has 5 heteroatoms. The van der Waals surface area contributed by atoms with Crippen LogP contribution in [0, 0.1) is 5.82 Å². The highest BCUT2D eigenvalue weighted by molar-refractivity contribution is 9.10. The number of benzene rings is 1. The van der Waals surface area contributed by atoms with E-state index in [1.165, 1.54) is 24.4 Å². The first kappa shape index (κ1) is 12.7. The fourth-order valence-corrected chi connectivity index (χ4v) is 1.73. The number of aromatic nitrogens is 1. The van der Waals surface area contributed by atoms with Gasteiger partial charge in [-0.2, -0.15) is 0 Å². The molecular formula is C13H9BrFNO2. The predicted molar refractivity (Wildman–Crippen MR) is 68.2 cm³/mol. The molecule has 0 atom stereocenters. The molecule has 2 rings (SSSR count). The van der Waals surface area contributed by atoms with Crippen molar-refractivity contribution < 1.29 is 13.9 Å². The van der Waals surface area contributed by atoms with E-state index in [0.29, 0.717) is 5.75 Å². The number of nitrogens with zero attached hydrogens (tertiary/aromatic N) is 1. The average molecular weight is 310 g/mol. The van der Waals surface area contributed by atoms with Crippen molar-refractivity contribution >= 4 is 21.7 Å². The van der Waals surface area contributed by atoms with Gasteiger partial charge in [-0.1, -0.05) is 12.1 Å². The normalized spacial score (nSPS) is 10.1. The Labute approximate surface area is 112 Å². The van der Waals surface area contributed by atoms with E-state index in [-0.39, 0.29) is 12.2 Å². The summed E-state index contributed by atoms with van der Waals surface area (Å²) in [6, 6.07) is 7.50. The molecule has 0 aliphatic rings. The summed E-state index contributed by atoms with van der Waals surface area (Å²) in [6.07, 6.45) is 3.09. The topological polar surface area (TPSA) is 39.2 Å². The smallest absolute Gasteiger partial charge is 0.203 e. The Hall–Kier alpha value is -1.75. The van der Waals surface area contributed by atoms with Crippen molar-refractivity contribution in [3.63, 3.8) is 0 Å². The second-order valence-electron chi connectivity index (χ2n) is 3.53. The minimum Gasteiger partial charge on any atom is -0.484 e. The lowest BCUT2D eigenvalue weighted by Crippen LogP contribution is -2.13. The van der Waals surface area contributed by atoms with Crippen LogP contribution >= 0.6 is 15.9 Å². The van der Waals surface area contributed by atoms with Crippen LogP contribution in [0.25, 0.3) is 0 Å². The summed E-state index contributed by atoms with van der Waals surface area (Å²) < 4.78 is 19.3. The lowest BCUT2D eigenvalue weighted by Gasteiger charge is -2.05.